The molecule has 0 fully saturated rings. The van der Waals surface area contributed by atoms with Crippen molar-refractivity contribution in [3.63, 3.8) is 0 Å². The van der Waals surface area contributed by atoms with Crippen LogP contribution in [0.15, 0.2) is 48.5 Å². The molecule has 0 saturated heterocycles. The van der Waals surface area contributed by atoms with Crippen molar-refractivity contribution in [3.8, 4) is 11.1 Å². The van der Waals surface area contributed by atoms with Gasteiger partial charge in [-0.05, 0) is 47.9 Å². The molecule has 2 aromatic carbocycles. The summed E-state index contributed by atoms with van der Waals surface area (Å²) in [5.74, 6) is 0. The summed E-state index contributed by atoms with van der Waals surface area (Å²) in [6.45, 7) is 4.53. The van der Waals surface area contributed by atoms with Crippen molar-refractivity contribution in [1.82, 2.24) is 0 Å². The highest BCUT2D eigenvalue weighted by Gasteiger charge is 2.41. The second-order valence-corrected chi connectivity index (χ2v) is 12.8. The molecular formula is C29H40Br2. The molecule has 0 aliphatic heterocycles. The van der Waals surface area contributed by atoms with Crippen LogP contribution in [0.5, 0.6) is 0 Å². The first-order chi connectivity index (χ1) is 15.0. The van der Waals surface area contributed by atoms with Crippen molar-refractivity contribution in [2.75, 3.05) is 0 Å². The van der Waals surface area contributed by atoms with Crippen LogP contribution in [-0.4, -0.2) is 9.65 Å². The topological polar surface area (TPSA) is 0 Å². The molecule has 0 radical (unpaired) electrons. The Kier molecular flexibility index (Phi) is 10.2. The predicted octanol–water partition coefficient (Wildman–Crippen LogP) is 10.2. The largest absolute Gasteiger partial charge is 0.0894 e. The standard InChI is InChI=1S/C29H40Br2/c1-23(30)15-7-3-5-13-21-29(22-14-6-4-8-16-24(2)31)27-19-11-9-17-25(27)26-18-10-12-20-28(26)29/h9-12,17-20,23-24H,3-8,13-16,21-22H2,1-2H3. The first-order valence-electron chi connectivity index (χ1n) is 12.5. The third-order valence-electron chi connectivity index (χ3n) is 7.09. The van der Waals surface area contributed by atoms with Gasteiger partial charge in [0.15, 0.2) is 0 Å². The molecule has 0 saturated carbocycles. The number of rotatable bonds is 14. The van der Waals surface area contributed by atoms with Crippen molar-refractivity contribution >= 4 is 31.9 Å². The fourth-order valence-electron chi connectivity index (χ4n) is 5.49. The van der Waals surface area contributed by atoms with Gasteiger partial charge in [-0.1, -0.05) is 146 Å². The van der Waals surface area contributed by atoms with E-state index in [0.717, 1.165) is 0 Å². The second-order valence-electron chi connectivity index (χ2n) is 9.64. The van der Waals surface area contributed by atoms with Crippen LogP contribution in [0.3, 0.4) is 0 Å². The van der Waals surface area contributed by atoms with Gasteiger partial charge in [-0.2, -0.15) is 0 Å². The molecule has 2 aromatic rings. The van der Waals surface area contributed by atoms with E-state index in [4.69, 9.17) is 0 Å². The molecule has 0 aromatic heterocycles. The third kappa shape index (κ3) is 6.70. The van der Waals surface area contributed by atoms with E-state index in [9.17, 15) is 0 Å². The molecule has 2 unspecified atom stereocenters. The number of fused-ring (bicyclic) bond motifs is 3. The Bertz CT molecular complexity index is 725. The van der Waals surface area contributed by atoms with Crippen molar-refractivity contribution in [3.05, 3.63) is 59.7 Å². The Morgan fingerprint density at radius 2 is 0.968 bits per heavy atom. The second kappa shape index (κ2) is 12.6. The van der Waals surface area contributed by atoms with Crippen LogP contribution >= 0.6 is 31.9 Å². The summed E-state index contributed by atoms with van der Waals surface area (Å²) >= 11 is 7.39. The van der Waals surface area contributed by atoms with Gasteiger partial charge in [-0.25, -0.2) is 0 Å². The van der Waals surface area contributed by atoms with E-state index in [0.29, 0.717) is 9.65 Å². The van der Waals surface area contributed by atoms with Crippen LogP contribution in [0, 0.1) is 0 Å². The number of halogens is 2. The minimum atomic E-state index is 0.221. The van der Waals surface area contributed by atoms with Gasteiger partial charge in [0.1, 0.15) is 0 Å². The van der Waals surface area contributed by atoms with Gasteiger partial charge in [0.25, 0.3) is 0 Å². The van der Waals surface area contributed by atoms with E-state index in [1.807, 2.05) is 0 Å². The van der Waals surface area contributed by atoms with Crippen molar-refractivity contribution in [1.29, 1.82) is 0 Å². The zero-order valence-corrected chi connectivity index (χ0v) is 22.7. The molecule has 0 nitrogen and oxygen atoms in total. The van der Waals surface area contributed by atoms with E-state index in [1.54, 1.807) is 11.1 Å². The maximum Gasteiger partial charge on any atom is 0.0215 e. The Balaban J connectivity index is 1.71. The number of hydrogen-bond acceptors (Lipinski definition) is 0. The molecule has 31 heavy (non-hydrogen) atoms. The summed E-state index contributed by atoms with van der Waals surface area (Å²) in [5.41, 5.74) is 6.39. The smallest absolute Gasteiger partial charge is 0.0215 e. The number of alkyl halides is 2. The van der Waals surface area contributed by atoms with E-state index in [2.05, 4.69) is 94.2 Å². The molecular weight excluding hydrogens is 508 g/mol. The Morgan fingerprint density at radius 1 is 0.581 bits per heavy atom. The first-order valence-corrected chi connectivity index (χ1v) is 14.4. The Morgan fingerprint density at radius 3 is 1.39 bits per heavy atom. The molecule has 1 aliphatic rings. The average Bonchev–Trinajstić information content (AvgIpc) is 3.03. The van der Waals surface area contributed by atoms with Crippen molar-refractivity contribution in [2.45, 2.75) is 106 Å². The van der Waals surface area contributed by atoms with Crippen LogP contribution < -0.4 is 0 Å². The fraction of sp³-hybridized carbons (Fsp3) is 0.586. The summed E-state index contributed by atoms with van der Waals surface area (Å²) < 4.78 is 0. The third-order valence-corrected chi connectivity index (χ3v) is 8.00. The summed E-state index contributed by atoms with van der Waals surface area (Å²) in [6, 6.07) is 18.5. The molecule has 0 amide bonds. The lowest BCUT2D eigenvalue weighted by molar-refractivity contribution is 0.398. The highest BCUT2D eigenvalue weighted by atomic mass is 79.9. The molecule has 0 bridgehead atoms. The van der Waals surface area contributed by atoms with Gasteiger partial charge in [-0.3, -0.25) is 0 Å². The minimum Gasteiger partial charge on any atom is -0.0894 e. The molecule has 3 rings (SSSR count). The molecule has 0 heterocycles. The zero-order valence-electron chi connectivity index (χ0n) is 19.5. The van der Waals surface area contributed by atoms with E-state index in [1.165, 1.54) is 88.2 Å². The summed E-state index contributed by atoms with van der Waals surface area (Å²) in [5, 5.41) is 0. The summed E-state index contributed by atoms with van der Waals surface area (Å²) in [7, 11) is 0. The molecule has 1 aliphatic carbocycles. The molecule has 170 valence electrons. The van der Waals surface area contributed by atoms with Gasteiger partial charge < -0.3 is 0 Å². The van der Waals surface area contributed by atoms with Crippen LogP contribution in [0.1, 0.15) is 102 Å². The monoisotopic (exact) mass is 546 g/mol. The first kappa shape index (κ1) is 25.0. The van der Waals surface area contributed by atoms with Gasteiger partial charge >= 0.3 is 0 Å². The van der Waals surface area contributed by atoms with Crippen molar-refractivity contribution < 1.29 is 0 Å². The maximum atomic E-state index is 3.69. The quantitative estimate of drug-likeness (QED) is 0.163. The van der Waals surface area contributed by atoms with Crippen LogP contribution in [0.2, 0.25) is 0 Å². The molecule has 2 atom stereocenters. The van der Waals surface area contributed by atoms with Crippen LogP contribution in [0.25, 0.3) is 11.1 Å². The molecule has 2 heteroatoms. The van der Waals surface area contributed by atoms with Crippen molar-refractivity contribution in [2.24, 2.45) is 0 Å². The number of benzene rings is 2. The van der Waals surface area contributed by atoms with Gasteiger partial charge in [0.05, 0.1) is 0 Å². The summed E-state index contributed by atoms with van der Waals surface area (Å²) in [4.78, 5) is 1.31. The maximum absolute atomic E-state index is 3.69. The SMILES string of the molecule is CC(Br)CCCCCCC1(CCCCCCC(C)Br)c2ccccc2-c2ccccc21. The number of unbranched alkanes of at least 4 members (excludes halogenated alkanes) is 6. The lowest BCUT2D eigenvalue weighted by atomic mass is 9.70. The lowest BCUT2D eigenvalue weighted by Crippen LogP contribution is -2.25. The Labute approximate surface area is 207 Å². The highest BCUT2D eigenvalue weighted by molar-refractivity contribution is 9.09. The fourth-order valence-corrected chi connectivity index (χ4v) is 6.14. The van der Waals surface area contributed by atoms with Gasteiger partial charge in [-0.15, -0.1) is 0 Å². The predicted molar refractivity (Wildman–Crippen MR) is 145 cm³/mol. The van der Waals surface area contributed by atoms with Crippen LogP contribution in [0.4, 0.5) is 0 Å². The molecule has 0 N–H and O–H groups in total. The zero-order chi connectivity index (χ0) is 22.1. The average molecular weight is 548 g/mol. The lowest BCUT2D eigenvalue weighted by Gasteiger charge is -2.33. The van der Waals surface area contributed by atoms with Gasteiger partial charge in [0.2, 0.25) is 0 Å². The molecule has 0 spiro atoms. The van der Waals surface area contributed by atoms with Crippen LogP contribution in [-0.2, 0) is 5.41 Å². The normalized spacial score (nSPS) is 16.0. The highest BCUT2D eigenvalue weighted by Crippen LogP contribution is 2.54. The van der Waals surface area contributed by atoms with E-state index in [-0.39, 0.29) is 5.41 Å². The Hall–Kier alpha value is -0.600. The van der Waals surface area contributed by atoms with Gasteiger partial charge in [0, 0.05) is 15.1 Å². The van der Waals surface area contributed by atoms with E-state index >= 15 is 0 Å². The summed E-state index contributed by atoms with van der Waals surface area (Å²) in [6.07, 6.45) is 16.0. The minimum absolute atomic E-state index is 0.221. The van der Waals surface area contributed by atoms with E-state index < -0.39 is 0 Å². The number of hydrogen-bond donors (Lipinski definition) is 0.